The Morgan fingerprint density at radius 2 is 1.66 bits per heavy atom. The van der Waals surface area contributed by atoms with Gasteiger partial charge in [0.25, 0.3) is 0 Å². The molecule has 1 N–H and O–H groups in total. The van der Waals surface area contributed by atoms with Crippen LogP contribution in [0.15, 0.2) is 59.1 Å². The third-order valence-electron chi connectivity index (χ3n) is 4.92. The standard InChI is InChI=1S/C23H30BrN3O4S/c1-4-15-25-23(29)21(5-2)26(16-18-9-7-6-8-10-18)22(28)17-27(32(3,30)31)20-13-11-19(24)12-14-20/h6-14,21H,4-5,15-17H2,1-3H3,(H,25,29)/t21-/m1/s1. The predicted molar refractivity (Wildman–Crippen MR) is 131 cm³/mol. The fourth-order valence-electron chi connectivity index (χ4n) is 3.29. The summed E-state index contributed by atoms with van der Waals surface area (Å²) in [7, 11) is -3.73. The lowest BCUT2D eigenvalue weighted by Gasteiger charge is -2.32. The van der Waals surface area contributed by atoms with Gasteiger partial charge in [0.15, 0.2) is 0 Å². The number of benzene rings is 2. The highest BCUT2D eigenvalue weighted by Gasteiger charge is 2.31. The summed E-state index contributed by atoms with van der Waals surface area (Å²) in [5.41, 5.74) is 1.24. The van der Waals surface area contributed by atoms with E-state index in [0.717, 1.165) is 27.0 Å². The molecule has 0 aliphatic heterocycles. The maximum atomic E-state index is 13.5. The van der Waals surface area contributed by atoms with Crippen LogP contribution < -0.4 is 9.62 Å². The topological polar surface area (TPSA) is 86.8 Å². The Bertz CT molecular complexity index is 998. The van der Waals surface area contributed by atoms with E-state index in [2.05, 4.69) is 21.2 Å². The number of amides is 2. The van der Waals surface area contributed by atoms with Gasteiger partial charge in [-0.2, -0.15) is 0 Å². The minimum atomic E-state index is -3.73. The Morgan fingerprint density at radius 1 is 1.03 bits per heavy atom. The Kier molecular flexibility index (Phi) is 9.71. The first-order valence-electron chi connectivity index (χ1n) is 10.5. The van der Waals surface area contributed by atoms with Gasteiger partial charge in [0.05, 0.1) is 11.9 Å². The minimum absolute atomic E-state index is 0.204. The van der Waals surface area contributed by atoms with Crippen LogP contribution in [0.5, 0.6) is 0 Å². The Hall–Kier alpha value is -2.39. The second kappa shape index (κ2) is 12.0. The Labute approximate surface area is 199 Å². The smallest absolute Gasteiger partial charge is 0.244 e. The van der Waals surface area contributed by atoms with Gasteiger partial charge >= 0.3 is 0 Å². The highest BCUT2D eigenvalue weighted by atomic mass is 79.9. The molecule has 0 heterocycles. The first-order valence-corrected chi connectivity index (χ1v) is 13.2. The largest absolute Gasteiger partial charge is 0.354 e. The summed E-state index contributed by atoms with van der Waals surface area (Å²) in [6, 6.07) is 15.3. The third-order valence-corrected chi connectivity index (χ3v) is 6.59. The lowest BCUT2D eigenvalue weighted by atomic mass is 10.1. The fourth-order valence-corrected chi connectivity index (χ4v) is 4.40. The number of sulfonamides is 1. The van der Waals surface area contributed by atoms with Crippen molar-refractivity contribution in [3.05, 3.63) is 64.6 Å². The number of carbonyl (C=O) groups is 2. The van der Waals surface area contributed by atoms with Gasteiger partial charge in [-0.25, -0.2) is 8.42 Å². The van der Waals surface area contributed by atoms with E-state index in [1.165, 1.54) is 4.90 Å². The fraction of sp³-hybridized carbons (Fsp3) is 0.391. The summed E-state index contributed by atoms with van der Waals surface area (Å²) in [6.07, 6.45) is 2.25. The second-order valence-electron chi connectivity index (χ2n) is 7.47. The molecule has 2 aromatic rings. The Morgan fingerprint density at radius 3 is 2.19 bits per heavy atom. The molecule has 9 heteroatoms. The van der Waals surface area contributed by atoms with E-state index in [1.54, 1.807) is 24.3 Å². The van der Waals surface area contributed by atoms with Crippen molar-refractivity contribution in [3.63, 3.8) is 0 Å². The summed E-state index contributed by atoms with van der Waals surface area (Å²) in [6.45, 7) is 4.11. The van der Waals surface area contributed by atoms with Gasteiger partial charge in [-0.05, 0) is 42.7 Å². The van der Waals surface area contributed by atoms with Crippen LogP contribution in [0, 0.1) is 0 Å². The molecular weight excluding hydrogens is 494 g/mol. The van der Waals surface area contributed by atoms with Crippen LogP contribution in [0.2, 0.25) is 0 Å². The summed E-state index contributed by atoms with van der Waals surface area (Å²) in [5.74, 6) is -0.686. The molecule has 0 aliphatic carbocycles. The van der Waals surface area contributed by atoms with Crippen molar-refractivity contribution < 1.29 is 18.0 Å². The van der Waals surface area contributed by atoms with Gasteiger partial charge in [0.2, 0.25) is 21.8 Å². The lowest BCUT2D eigenvalue weighted by Crippen LogP contribution is -2.52. The van der Waals surface area contributed by atoms with Crippen molar-refractivity contribution in [1.29, 1.82) is 0 Å². The Balaban J connectivity index is 2.38. The molecule has 7 nitrogen and oxygen atoms in total. The number of anilines is 1. The van der Waals surface area contributed by atoms with Gasteiger partial charge in [0.1, 0.15) is 12.6 Å². The van der Waals surface area contributed by atoms with Crippen LogP contribution in [0.1, 0.15) is 32.3 Å². The van der Waals surface area contributed by atoms with Gasteiger partial charge < -0.3 is 10.2 Å². The van der Waals surface area contributed by atoms with Crippen LogP contribution in [0.3, 0.4) is 0 Å². The third kappa shape index (κ3) is 7.34. The van der Waals surface area contributed by atoms with Crippen LogP contribution in [0.4, 0.5) is 5.69 Å². The van der Waals surface area contributed by atoms with Gasteiger partial charge in [0, 0.05) is 17.6 Å². The molecule has 2 rings (SSSR count). The second-order valence-corrected chi connectivity index (χ2v) is 10.3. The number of rotatable bonds is 11. The number of nitrogens with zero attached hydrogens (tertiary/aromatic N) is 2. The first kappa shape index (κ1) is 25.9. The summed E-state index contributed by atoms with van der Waals surface area (Å²) in [4.78, 5) is 27.7. The summed E-state index contributed by atoms with van der Waals surface area (Å²) >= 11 is 3.33. The van der Waals surface area contributed by atoms with Gasteiger partial charge in [-0.3, -0.25) is 13.9 Å². The molecule has 0 aromatic heterocycles. The molecule has 0 spiro atoms. The van der Waals surface area contributed by atoms with Crippen molar-refractivity contribution in [2.24, 2.45) is 0 Å². The molecular formula is C23H30BrN3O4S. The van der Waals surface area contributed by atoms with E-state index in [9.17, 15) is 18.0 Å². The van der Waals surface area contributed by atoms with E-state index in [-0.39, 0.29) is 12.5 Å². The number of halogens is 1. The molecule has 0 fully saturated rings. The summed E-state index contributed by atoms with van der Waals surface area (Å²) in [5, 5.41) is 2.86. The van der Waals surface area contributed by atoms with E-state index >= 15 is 0 Å². The molecule has 32 heavy (non-hydrogen) atoms. The van der Waals surface area contributed by atoms with Crippen LogP contribution in [-0.2, 0) is 26.2 Å². The maximum absolute atomic E-state index is 13.5. The van der Waals surface area contributed by atoms with E-state index in [0.29, 0.717) is 18.7 Å². The van der Waals surface area contributed by atoms with E-state index < -0.39 is 28.5 Å². The molecule has 0 radical (unpaired) electrons. The molecule has 0 bridgehead atoms. The molecule has 174 valence electrons. The lowest BCUT2D eigenvalue weighted by molar-refractivity contribution is -0.140. The number of carbonyl (C=O) groups excluding carboxylic acids is 2. The van der Waals surface area contributed by atoms with Crippen molar-refractivity contribution in [1.82, 2.24) is 10.2 Å². The average Bonchev–Trinajstić information content (AvgIpc) is 2.76. The van der Waals surface area contributed by atoms with Crippen LogP contribution >= 0.6 is 15.9 Å². The quantitative estimate of drug-likeness (QED) is 0.487. The number of hydrogen-bond acceptors (Lipinski definition) is 4. The molecule has 2 aromatic carbocycles. The maximum Gasteiger partial charge on any atom is 0.244 e. The molecule has 0 saturated heterocycles. The molecule has 0 unspecified atom stereocenters. The van der Waals surface area contributed by atoms with Gasteiger partial charge in [-0.1, -0.05) is 60.1 Å². The summed E-state index contributed by atoms with van der Waals surface area (Å²) < 4.78 is 26.9. The zero-order valence-corrected chi connectivity index (χ0v) is 21.0. The van der Waals surface area contributed by atoms with E-state index in [1.807, 2.05) is 44.2 Å². The normalized spacial score (nSPS) is 12.1. The highest BCUT2D eigenvalue weighted by Crippen LogP contribution is 2.22. The minimum Gasteiger partial charge on any atom is -0.354 e. The molecule has 0 saturated carbocycles. The monoisotopic (exact) mass is 523 g/mol. The number of hydrogen-bond donors (Lipinski definition) is 1. The highest BCUT2D eigenvalue weighted by molar-refractivity contribution is 9.10. The van der Waals surface area contributed by atoms with Gasteiger partial charge in [-0.15, -0.1) is 0 Å². The van der Waals surface area contributed by atoms with Crippen molar-refractivity contribution in [3.8, 4) is 0 Å². The molecule has 2 amide bonds. The SMILES string of the molecule is CCCNC(=O)[C@@H](CC)N(Cc1ccccc1)C(=O)CN(c1ccc(Br)cc1)S(C)(=O)=O. The van der Waals surface area contributed by atoms with Crippen molar-refractivity contribution >= 4 is 43.5 Å². The molecule has 1 atom stereocenters. The number of nitrogens with one attached hydrogen (secondary N) is 1. The predicted octanol–water partition coefficient (Wildman–Crippen LogP) is 3.55. The van der Waals surface area contributed by atoms with Crippen molar-refractivity contribution in [2.45, 2.75) is 39.3 Å². The average molecular weight is 524 g/mol. The van der Waals surface area contributed by atoms with Crippen LogP contribution in [0.25, 0.3) is 0 Å². The zero-order chi connectivity index (χ0) is 23.7. The zero-order valence-electron chi connectivity index (χ0n) is 18.6. The molecule has 0 aliphatic rings. The van der Waals surface area contributed by atoms with Crippen LogP contribution in [-0.4, -0.2) is 50.5 Å². The first-order chi connectivity index (χ1) is 15.2. The van der Waals surface area contributed by atoms with E-state index in [4.69, 9.17) is 0 Å². The van der Waals surface area contributed by atoms with Crippen molar-refractivity contribution in [2.75, 3.05) is 23.7 Å².